The first-order valence-electron chi connectivity index (χ1n) is 9.93. The number of halogens is 1. The summed E-state index contributed by atoms with van der Waals surface area (Å²) in [4.78, 5) is 13.6. The van der Waals surface area contributed by atoms with Crippen molar-refractivity contribution in [3.05, 3.63) is 41.0 Å². The smallest absolute Gasteiger partial charge is 0.248 e. The van der Waals surface area contributed by atoms with Crippen molar-refractivity contribution in [2.75, 3.05) is 18.8 Å². The molecular weight excluding hydrogens is 429 g/mol. The van der Waals surface area contributed by atoms with Gasteiger partial charge in [0, 0.05) is 29.7 Å². The highest BCUT2D eigenvalue weighted by atomic mass is 32.2. The number of rotatable bonds is 4. The molecule has 0 spiro atoms. The normalized spacial score (nSPS) is 20.7. The summed E-state index contributed by atoms with van der Waals surface area (Å²) in [5.41, 5.74) is 1.16. The van der Waals surface area contributed by atoms with Gasteiger partial charge in [-0.2, -0.15) is 4.31 Å². The number of piperidine rings is 1. The Kier molecular flexibility index (Phi) is 5.91. The average Bonchev–Trinajstić information content (AvgIpc) is 3.07. The molecule has 0 saturated carbocycles. The van der Waals surface area contributed by atoms with E-state index in [1.54, 1.807) is 19.9 Å². The molecule has 3 heterocycles. The fraction of sp³-hybridized carbons (Fsp3) is 0.500. The third kappa shape index (κ3) is 3.88. The predicted molar refractivity (Wildman–Crippen MR) is 110 cm³/mol. The maximum Gasteiger partial charge on any atom is 0.248 e. The van der Waals surface area contributed by atoms with E-state index in [-0.39, 0.29) is 47.4 Å². The van der Waals surface area contributed by atoms with Gasteiger partial charge in [0.25, 0.3) is 0 Å². The van der Waals surface area contributed by atoms with Crippen molar-refractivity contribution < 1.29 is 22.1 Å². The van der Waals surface area contributed by atoms with Crippen molar-refractivity contribution in [2.45, 2.75) is 48.9 Å². The summed E-state index contributed by atoms with van der Waals surface area (Å²) in [7, 11) is -3.70. The van der Waals surface area contributed by atoms with E-state index in [4.69, 9.17) is 4.52 Å². The SMILES string of the molecule is Cc1noc(C)c1S(=O)(=O)N1CCC(C(=O)N[C@@H]2CCSc3c(F)cccc32)CC1. The molecule has 7 nitrogen and oxygen atoms in total. The zero-order valence-electron chi connectivity index (χ0n) is 16.9. The molecule has 1 N–H and O–H groups in total. The van der Waals surface area contributed by atoms with Gasteiger partial charge in [0.1, 0.15) is 16.4 Å². The largest absolute Gasteiger partial charge is 0.360 e. The molecule has 10 heteroatoms. The zero-order chi connectivity index (χ0) is 21.5. The van der Waals surface area contributed by atoms with Crippen LogP contribution in [0.3, 0.4) is 0 Å². The molecule has 1 aromatic heterocycles. The lowest BCUT2D eigenvalue weighted by molar-refractivity contribution is -0.127. The number of thioether (sulfide) groups is 1. The molecule has 162 valence electrons. The van der Waals surface area contributed by atoms with E-state index in [0.29, 0.717) is 23.4 Å². The highest BCUT2D eigenvalue weighted by Crippen LogP contribution is 2.38. The predicted octanol–water partition coefficient (Wildman–Crippen LogP) is 3.18. The van der Waals surface area contributed by atoms with Crippen molar-refractivity contribution in [2.24, 2.45) is 5.92 Å². The first-order valence-corrected chi connectivity index (χ1v) is 12.4. The standard InChI is InChI=1S/C20H24FN3O4S2/c1-12-19(13(2)28-23-12)30(26,27)24-9-6-14(7-10-24)20(25)22-17-8-11-29-18-15(17)4-3-5-16(18)21/h3-5,14,17H,6-11H2,1-2H3,(H,22,25)/t17-/m1/s1. The molecule has 30 heavy (non-hydrogen) atoms. The fourth-order valence-corrected chi connectivity index (χ4v) is 7.06. The molecule has 2 aliphatic heterocycles. The highest BCUT2D eigenvalue weighted by molar-refractivity contribution is 7.99. The van der Waals surface area contributed by atoms with Crippen molar-refractivity contribution in [1.29, 1.82) is 0 Å². The van der Waals surface area contributed by atoms with Gasteiger partial charge < -0.3 is 9.84 Å². The Morgan fingerprint density at radius 2 is 2.00 bits per heavy atom. The lowest BCUT2D eigenvalue weighted by Gasteiger charge is -2.32. The number of aryl methyl sites for hydroxylation is 2. The summed E-state index contributed by atoms with van der Waals surface area (Å²) in [6.07, 6.45) is 1.62. The molecule has 2 aliphatic rings. The lowest BCUT2D eigenvalue weighted by atomic mass is 9.95. The number of nitrogens with one attached hydrogen (secondary N) is 1. The second-order valence-corrected chi connectivity index (χ2v) is 10.7. The van der Waals surface area contributed by atoms with Gasteiger partial charge in [0.2, 0.25) is 15.9 Å². The molecule has 0 unspecified atom stereocenters. The maximum absolute atomic E-state index is 14.1. The van der Waals surface area contributed by atoms with Crippen LogP contribution in [0.25, 0.3) is 0 Å². The Balaban J connectivity index is 1.41. The first kappa shape index (κ1) is 21.3. The number of benzene rings is 1. The quantitative estimate of drug-likeness (QED) is 0.764. The molecule has 0 bridgehead atoms. The number of hydrogen-bond donors (Lipinski definition) is 1. The number of carbonyl (C=O) groups excluding carboxylic acids is 1. The monoisotopic (exact) mass is 453 g/mol. The van der Waals surface area contributed by atoms with Gasteiger partial charge in [-0.1, -0.05) is 17.3 Å². The lowest BCUT2D eigenvalue weighted by Crippen LogP contribution is -2.44. The zero-order valence-corrected chi connectivity index (χ0v) is 18.5. The van der Waals surface area contributed by atoms with Crippen LogP contribution < -0.4 is 5.32 Å². The molecule has 1 fully saturated rings. The van der Waals surface area contributed by atoms with E-state index in [0.717, 1.165) is 17.7 Å². The Labute approximate surface area is 179 Å². The van der Waals surface area contributed by atoms with Gasteiger partial charge in [-0.15, -0.1) is 11.8 Å². The van der Waals surface area contributed by atoms with E-state index in [1.165, 1.54) is 22.1 Å². The molecule has 4 rings (SSSR count). The Bertz CT molecular complexity index is 1040. The molecule has 1 aromatic carbocycles. The average molecular weight is 454 g/mol. The van der Waals surface area contributed by atoms with Crippen molar-refractivity contribution in [3.63, 3.8) is 0 Å². The summed E-state index contributed by atoms with van der Waals surface area (Å²) >= 11 is 1.47. The van der Waals surface area contributed by atoms with Crippen LogP contribution in [0.5, 0.6) is 0 Å². The third-order valence-electron chi connectivity index (χ3n) is 5.73. The third-order valence-corrected chi connectivity index (χ3v) is 9.04. The van der Waals surface area contributed by atoms with Crippen LogP contribution in [-0.4, -0.2) is 42.6 Å². The van der Waals surface area contributed by atoms with Crippen molar-refractivity contribution in [1.82, 2.24) is 14.8 Å². The van der Waals surface area contributed by atoms with E-state index >= 15 is 0 Å². The van der Waals surface area contributed by atoms with E-state index in [1.807, 2.05) is 6.07 Å². The summed E-state index contributed by atoms with van der Waals surface area (Å²) in [6.45, 7) is 3.70. The maximum atomic E-state index is 14.1. The summed E-state index contributed by atoms with van der Waals surface area (Å²) in [5.74, 6) is 0.388. The van der Waals surface area contributed by atoms with E-state index < -0.39 is 10.0 Å². The van der Waals surface area contributed by atoms with Gasteiger partial charge in [0.15, 0.2) is 5.76 Å². The molecular formula is C20H24FN3O4S2. The van der Waals surface area contributed by atoms with E-state index in [9.17, 15) is 17.6 Å². The summed E-state index contributed by atoms with van der Waals surface area (Å²) < 4.78 is 46.3. The van der Waals surface area contributed by atoms with Gasteiger partial charge in [-0.25, -0.2) is 12.8 Å². The number of sulfonamides is 1. The van der Waals surface area contributed by atoms with Crippen molar-refractivity contribution >= 4 is 27.7 Å². The number of amides is 1. The van der Waals surface area contributed by atoms with Crippen LogP contribution in [0.15, 0.2) is 32.5 Å². The van der Waals surface area contributed by atoms with Crippen LogP contribution in [-0.2, 0) is 14.8 Å². The number of aromatic nitrogens is 1. The number of nitrogens with zero attached hydrogens (tertiary/aromatic N) is 2. The summed E-state index contributed by atoms with van der Waals surface area (Å²) in [5, 5.41) is 6.80. The number of hydrogen-bond acceptors (Lipinski definition) is 6. The molecule has 0 aliphatic carbocycles. The van der Waals surface area contributed by atoms with Crippen LogP contribution >= 0.6 is 11.8 Å². The first-order chi connectivity index (χ1) is 14.3. The minimum absolute atomic E-state index is 0.100. The second kappa shape index (κ2) is 8.32. The van der Waals surface area contributed by atoms with Crippen LogP contribution in [0.2, 0.25) is 0 Å². The molecule has 1 atom stereocenters. The van der Waals surface area contributed by atoms with Crippen LogP contribution in [0, 0.1) is 25.6 Å². The van der Waals surface area contributed by atoms with Gasteiger partial charge in [-0.05, 0) is 44.7 Å². The van der Waals surface area contributed by atoms with Crippen LogP contribution in [0.4, 0.5) is 4.39 Å². The minimum Gasteiger partial charge on any atom is -0.360 e. The van der Waals surface area contributed by atoms with Gasteiger partial charge in [0.05, 0.1) is 6.04 Å². The van der Waals surface area contributed by atoms with Gasteiger partial charge in [-0.3, -0.25) is 4.79 Å². The molecule has 2 aromatic rings. The molecule has 1 saturated heterocycles. The highest BCUT2D eigenvalue weighted by Gasteiger charge is 2.36. The Morgan fingerprint density at radius 1 is 1.27 bits per heavy atom. The van der Waals surface area contributed by atoms with Gasteiger partial charge >= 0.3 is 0 Å². The summed E-state index contributed by atoms with van der Waals surface area (Å²) in [6, 6.07) is 4.74. The fourth-order valence-electron chi connectivity index (χ4n) is 4.16. The van der Waals surface area contributed by atoms with E-state index in [2.05, 4.69) is 10.5 Å². The van der Waals surface area contributed by atoms with Crippen molar-refractivity contribution in [3.8, 4) is 0 Å². The molecule has 0 radical (unpaired) electrons. The number of fused-ring (bicyclic) bond motifs is 1. The second-order valence-electron chi connectivity index (χ2n) is 7.69. The minimum atomic E-state index is -3.70. The Hall–Kier alpha value is -1.91. The van der Waals surface area contributed by atoms with Crippen LogP contribution in [0.1, 0.15) is 42.3 Å². The number of carbonyl (C=O) groups is 1. The molecule has 1 amide bonds. The Morgan fingerprint density at radius 3 is 2.67 bits per heavy atom. The topological polar surface area (TPSA) is 92.5 Å².